The Hall–Kier alpha value is -1.61. The van der Waals surface area contributed by atoms with E-state index in [0.717, 1.165) is 28.5 Å². The number of ether oxygens (including phenoxy) is 1. The number of benzene rings is 2. The summed E-state index contributed by atoms with van der Waals surface area (Å²) in [7, 11) is 0. The topological polar surface area (TPSA) is 35.2 Å². The van der Waals surface area contributed by atoms with Gasteiger partial charge in [-0.2, -0.15) is 0 Å². The molecule has 2 N–H and O–H groups in total. The lowest BCUT2D eigenvalue weighted by Gasteiger charge is -2.30. The van der Waals surface area contributed by atoms with Gasteiger partial charge in [0.1, 0.15) is 16.8 Å². The first-order chi connectivity index (χ1) is 10.2. The van der Waals surface area contributed by atoms with Crippen LogP contribution < -0.4 is 10.5 Å². The molecule has 0 saturated heterocycles. The van der Waals surface area contributed by atoms with Crippen molar-refractivity contribution in [1.82, 2.24) is 0 Å². The Labute approximate surface area is 131 Å². The van der Waals surface area contributed by atoms with Crippen LogP contribution in [-0.2, 0) is 0 Å². The van der Waals surface area contributed by atoms with Crippen LogP contribution in [-0.4, -0.2) is 11.1 Å². The summed E-state index contributed by atoms with van der Waals surface area (Å²) in [4.78, 5) is 0.434. The number of thiocarbonyl (C=S) groups is 1. The van der Waals surface area contributed by atoms with Crippen LogP contribution >= 0.6 is 12.2 Å². The Bertz CT molecular complexity index is 667. The molecule has 0 aliphatic heterocycles. The minimum atomic E-state index is 0.317. The summed E-state index contributed by atoms with van der Waals surface area (Å²) in [6, 6.07) is 12.2. The fraction of sp³-hybridized carbons (Fsp3) is 0.389. The highest BCUT2D eigenvalue weighted by Crippen LogP contribution is 2.33. The van der Waals surface area contributed by atoms with Gasteiger partial charge in [0, 0.05) is 10.9 Å². The van der Waals surface area contributed by atoms with E-state index in [4.69, 9.17) is 22.7 Å². The van der Waals surface area contributed by atoms with Crippen molar-refractivity contribution in [3.8, 4) is 5.75 Å². The molecule has 0 heterocycles. The van der Waals surface area contributed by atoms with Gasteiger partial charge in [-0.15, -0.1) is 0 Å². The molecular weight excluding hydrogens is 278 g/mol. The van der Waals surface area contributed by atoms with Crippen molar-refractivity contribution in [2.45, 2.75) is 38.7 Å². The van der Waals surface area contributed by atoms with Gasteiger partial charge in [0.15, 0.2) is 0 Å². The van der Waals surface area contributed by atoms with E-state index in [0.29, 0.717) is 17.0 Å². The van der Waals surface area contributed by atoms with Gasteiger partial charge >= 0.3 is 0 Å². The van der Waals surface area contributed by atoms with E-state index in [1.807, 2.05) is 24.3 Å². The molecule has 0 bridgehead atoms. The molecule has 2 nitrogen and oxygen atoms in total. The van der Waals surface area contributed by atoms with E-state index < -0.39 is 0 Å². The fourth-order valence-corrected chi connectivity index (χ4v) is 3.39. The largest absolute Gasteiger partial charge is 0.490 e. The van der Waals surface area contributed by atoms with Gasteiger partial charge in [0.05, 0.1) is 0 Å². The van der Waals surface area contributed by atoms with Crippen LogP contribution in [0.4, 0.5) is 0 Å². The molecule has 3 rings (SSSR count). The van der Waals surface area contributed by atoms with Gasteiger partial charge in [-0.25, -0.2) is 0 Å². The SMILES string of the molecule is CC1CCCCC1Oc1ccc(C(N)=S)c2ccccc12. The maximum Gasteiger partial charge on any atom is 0.127 e. The summed E-state index contributed by atoms with van der Waals surface area (Å²) < 4.78 is 6.33. The predicted octanol–water partition coefficient (Wildman–Crippen LogP) is 4.43. The normalized spacial score (nSPS) is 22.1. The van der Waals surface area contributed by atoms with Crippen molar-refractivity contribution < 1.29 is 4.74 Å². The minimum Gasteiger partial charge on any atom is -0.490 e. The second-order valence-corrected chi connectivity index (χ2v) is 6.38. The van der Waals surface area contributed by atoms with Crippen LogP contribution in [0.1, 0.15) is 38.2 Å². The Morgan fingerprint density at radius 3 is 2.52 bits per heavy atom. The lowest BCUT2D eigenvalue weighted by molar-refractivity contribution is 0.104. The molecule has 0 radical (unpaired) electrons. The molecule has 0 spiro atoms. The molecule has 2 atom stereocenters. The number of rotatable bonds is 3. The second-order valence-electron chi connectivity index (χ2n) is 5.94. The highest BCUT2D eigenvalue weighted by Gasteiger charge is 2.23. The molecule has 1 aliphatic carbocycles. The van der Waals surface area contributed by atoms with Crippen LogP contribution in [0.3, 0.4) is 0 Å². The summed E-state index contributed by atoms with van der Waals surface area (Å²) in [5, 5.41) is 2.17. The van der Waals surface area contributed by atoms with E-state index >= 15 is 0 Å². The zero-order valence-electron chi connectivity index (χ0n) is 12.3. The first kappa shape index (κ1) is 14.3. The second kappa shape index (κ2) is 6.02. The van der Waals surface area contributed by atoms with Crippen molar-refractivity contribution in [3.05, 3.63) is 42.0 Å². The van der Waals surface area contributed by atoms with Gasteiger partial charge in [-0.3, -0.25) is 0 Å². The summed E-state index contributed by atoms with van der Waals surface area (Å²) >= 11 is 5.15. The van der Waals surface area contributed by atoms with Crippen molar-refractivity contribution in [2.75, 3.05) is 0 Å². The minimum absolute atomic E-state index is 0.317. The van der Waals surface area contributed by atoms with Crippen molar-refractivity contribution >= 4 is 28.0 Å². The fourth-order valence-electron chi connectivity index (χ4n) is 3.21. The Balaban J connectivity index is 1.99. The first-order valence-electron chi connectivity index (χ1n) is 7.65. The molecule has 0 aromatic heterocycles. The zero-order valence-corrected chi connectivity index (χ0v) is 13.2. The van der Waals surface area contributed by atoms with Crippen LogP contribution in [0.2, 0.25) is 0 Å². The third-order valence-corrected chi connectivity index (χ3v) is 4.68. The summed E-state index contributed by atoms with van der Waals surface area (Å²) in [5.74, 6) is 1.57. The molecular formula is C18H21NOS. The highest BCUT2D eigenvalue weighted by atomic mass is 32.1. The average Bonchev–Trinajstić information content (AvgIpc) is 2.49. The lowest BCUT2D eigenvalue weighted by atomic mass is 9.88. The third kappa shape index (κ3) is 2.88. The number of hydrogen-bond donors (Lipinski definition) is 1. The van der Waals surface area contributed by atoms with Gasteiger partial charge in [0.2, 0.25) is 0 Å². The molecule has 21 heavy (non-hydrogen) atoms. The van der Waals surface area contributed by atoms with Crippen LogP contribution in [0.15, 0.2) is 36.4 Å². The Morgan fingerprint density at radius 1 is 1.10 bits per heavy atom. The van der Waals surface area contributed by atoms with Crippen molar-refractivity contribution in [1.29, 1.82) is 0 Å². The molecule has 2 aromatic rings. The summed E-state index contributed by atoms with van der Waals surface area (Å²) in [6.45, 7) is 2.29. The van der Waals surface area contributed by atoms with Crippen molar-refractivity contribution in [2.24, 2.45) is 11.7 Å². The quantitative estimate of drug-likeness (QED) is 0.851. The maximum absolute atomic E-state index is 6.33. The molecule has 3 heteroatoms. The third-order valence-electron chi connectivity index (χ3n) is 4.46. The van der Waals surface area contributed by atoms with E-state index in [9.17, 15) is 0 Å². The van der Waals surface area contributed by atoms with Crippen LogP contribution in [0, 0.1) is 5.92 Å². The van der Waals surface area contributed by atoms with E-state index in [1.165, 1.54) is 19.3 Å². The van der Waals surface area contributed by atoms with Crippen LogP contribution in [0.5, 0.6) is 5.75 Å². The lowest BCUT2D eigenvalue weighted by Crippen LogP contribution is -2.28. The molecule has 2 aromatic carbocycles. The Kier molecular flexibility index (Phi) is 4.11. The number of nitrogens with two attached hydrogens (primary N) is 1. The number of fused-ring (bicyclic) bond motifs is 1. The molecule has 0 amide bonds. The van der Waals surface area contributed by atoms with Crippen molar-refractivity contribution in [3.63, 3.8) is 0 Å². The number of hydrogen-bond acceptors (Lipinski definition) is 2. The van der Waals surface area contributed by atoms with E-state index in [2.05, 4.69) is 19.1 Å². The summed E-state index contributed by atoms with van der Waals surface area (Å²) in [5.41, 5.74) is 6.75. The van der Waals surface area contributed by atoms with E-state index in [1.54, 1.807) is 0 Å². The van der Waals surface area contributed by atoms with Gasteiger partial charge < -0.3 is 10.5 Å². The van der Waals surface area contributed by atoms with Gasteiger partial charge in [-0.1, -0.05) is 49.8 Å². The molecule has 1 fully saturated rings. The highest BCUT2D eigenvalue weighted by molar-refractivity contribution is 7.80. The van der Waals surface area contributed by atoms with Crippen LogP contribution in [0.25, 0.3) is 10.8 Å². The Morgan fingerprint density at radius 2 is 1.81 bits per heavy atom. The molecule has 110 valence electrons. The molecule has 1 aliphatic rings. The summed E-state index contributed by atoms with van der Waals surface area (Å²) in [6.07, 6.45) is 5.30. The smallest absolute Gasteiger partial charge is 0.127 e. The van der Waals surface area contributed by atoms with Gasteiger partial charge in [-0.05, 0) is 42.7 Å². The molecule has 2 unspecified atom stereocenters. The zero-order chi connectivity index (χ0) is 14.8. The first-order valence-corrected chi connectivity index (χ1v) is 8.06. The van der Waals surface area contributed by atoms with Gasteiger partial charge in [0.25, 0.3) is 0 Å². The maximum atomic E-state index is 6.33. The average molecular weight is 299 g/mol. The van der Waals surface area contributed by atoms with E-state index in [-0.39, 0.29) is 0 Å². The standard InChI is InChI=1S/C18H21NOS/c1-12-6-2-5-9-16(12)20-17-11-10-15(18(19)21)13-7-3-4-8-14(13)17/h3-4,7-8,10-12,16H,2,5-6,9H2,1H3,(H2,19,21). The monoisotopic (exact) mass is 299 g/mol. The predicted molar refractivity (Wildman–Crippen MR) is 91.9 cm³/mol. The molecule has 1 saturated carbocycles.